The SMILES string of the molecule is Cc1ccccc1N=CN1CCCC1. The summed E-state index contributed by atoms with van der Waals surface area (Å²) in [6, 6.07) is 8.23. The fourth-order valence-electron chi connectivity index (χ4n) is 1.71. The van der Waals surface area contributed by atoms with Gasteiger partial charge in [0.2, 0.25) is 0 Å². The van der Waals surface area contributed by atoms with E-state index < -0.39 is 0 Å². The van der Waals surface area contributed by atoms with Crippen LogP contribution in [0, 0.1) is 6.92 Å². The summed E-state index contributed by atoms with van der Waals surface area (Å²) in [6.45, 7) is 4.42. The molecule has 0 amide bonds. The van der Waals surface area contributed by atoms with E-state index in [0.29, 0.717) is 0 Å². The molecule has 1 fully saturated rings. The molecule has 0 saturated carbocycles. The van der Waals surface area contributed by atoms with Crippen LogP contribution in [0.5, 0.6) is 0 Å². The van der Waals surface area contributed by atoms with Crippen molar-refractivity contribution < 1.29 is 0 Å². The maximum Gasteiger partial charge on any atom is 0.0912 e. The average Bonchev–Trinajstić information content (AvgIpc) is 2.69. The van der Waals surface area contributed by atoms with E-state index in [2.05, 4.69) is 28.9 Å². The van der Waals surface area contributed by atoms with Crippen LogP contribution in [0.25, 0.3) is 0 Å². The lowest BCUT2D eigenvalue weighted by Crippen LogP contribution is -2.16. The molecule has 0 N–H and O–H groups in total. The van der Waals surface area contributed by atoms with Crippen molar-refractivity contribution in [2.24, 2.45) is 4.99 Å². The van der Waals surface area contributed by atoms with Gasteiger partial charge in [0.1, 0.15) is 0 Å². The van der Waals surface area contributed by atoms with E-state index in [0.717, 1.165) is 18.8 Å². The predicted molar refractivity (Wildman–Crippen MR) is 60.1 cm³/mol. The first-order valence-corrected chi connectivity index (χ1v) is 5.20. The van der Waals surface area contributed by atoms with Crippen molar-refractivity contribution in [3.8, 4) is 0 Å². The summed E-state index contributed by atoms with van der Waals surface area (Å²) in [5, 5.41) is 0. The zero-order valence-corrected chi connectivity index (χ0v) is 8.61. The number of nitrogens with zero attached hydrogens (tertiary/aromatic N) is 2. The minimum atomic E-state index is 1.08. The molecule has 1 aromatic rings. The van der Waals surface area contributed by atoms with E-state index in [4.69, 9.17) is 0 Å². The number of aryl methyl sites for hydroxylation is 1. The molecular weight excluding hydrogens is 172 g/mol. The first-order chi connectivity index (χ1) is 6.86. The Hall–Kier alpha value is -1.31. The van der Waals surface area contributed by atoms with Crippen LogP contribution < -0.4 is 0 Å². The second kappa shape index (κ2) is 4.27. The van der Waals surface area contributed by atoms with Crippen LogP contribution in [0.3, 0.4) is 0 Å². The van der Waals surface area contributed by atoms with Crippen LogP contribution in [0.4, 0.5) is 5.69 Å². The van der Waals surface area contributed by atoms with Gasteiger partial charge >= 0.3 is 0 Å². The van der Waals surface area contributed by atoms with Crippen molar-refractivity contribution in [1.29, 1.82) is 0 Å². The fraction of sp³-hybridized carbons (Fsp3) is 0.417. The molecule has 1 aliphatic heterocycles. The lowest BCUT2D eigenvalue weighted by Gasteiger charge is -2.09. The summed E-state index contributed by atoms with van der Waals surface area (Å²) < 4.78 is 0. The standard InChI is InChI=1S/C12H16N2/c1-11-6-2-3-7-12(11)13-10-14-8-4-5-9-14/h2-3,6-7,10H,4-5,8-9H2,1H3. The van der Waals surface area contributed by atoms with E-state index in [9.17, 15) is 0 Å². The summed E-state index contributed by atoms with van der Waals surface area (Å²) in [5.74, 6) is 0. The molecule has 1 saturated heterocycles. The molecule has 0 bridgehead atoms. The number of hydrogen-bond donors (Lipinski definition) is 0. The van der Waals surface area contributed by atoms with Crippen molar-refractivity contribution in [2.75, 3.05) is 13.1 Å². The Morgan fingerprint density at radius 3 is 2.64 bits per heavy atom. The molecule has 2 rings (SSSR count). The molecule has 0 aliphatic carbocycles. The number of para-hydroxylation sites is 1. The Balaban J connectivity index is 2.06. The highest BCUT2D eigenvalue weighted by Crippen LogP contribution is 2.17. The van der Waals surface area contributed by atoms with Crippen LogP contribution in [0.15, 0.2) is 29.3 Å². The lowest BCUT2D eigenvalue weighted by atomic mass is 10.2. The van der Waals surface area contributed by atoms with Gasteiger partial charge in [-0.25, -0.2) is 4.99 Å². The van der Waals surface area contributed by atoms with Crippen LogP contribution in [0.1, 0.15) is 18.4 Å². The largest absolute Gasteiger partial charge is 0.363 e. The van der Waals surface area contributed by atoms with Gasteiger partial charge in [-0.3, -0.25) is 0 Å². The van der Waals surface area contributed by atoms with Crippen molar-refractivity contribution in [3.63, 3.8) is 0 Å². The molecule has 2 heteroatoms. The van der Waals surface area contributed by atoms with Crippen molar-refractivity contribution in [3.05, 3.63) is 29.8 Å². The van der Waals surface area contributed by atoms with E-state index in [-0.39, 0.29) is 0 Å². The molecule has 0 aromatic heterocycles. The molecule has 1 heterocycles. The predicted octanol–water partition coefficient (Wildman–Crippen LogP) is 2.75. The highest BCUT2D eigenvalue weighted by Gasteiger charge is 2.06. The summed E-state index contributed by atoms with van der Waals surface area (Å²) in [7, 11) is 0. The molecule has 14 heavy (non-hydrogen) atoms. The van der Waals surface area contributed by atoms with Gasteiger partial charge in [0.25, 0.3) is 0 Å². The molecule has 1 aliphatic rings. The second-order valence-corrected chi connectivity index (χ2v) is 3.77. The average molecular weight is 188 g/mol. The summed E-state index contributed by atoms with van der Waals surface area (Å²) in [6.07, 6.45) is 4.59. The van der Waals surface area contributed by atoms with Gasteiger partial charge < -0.3 is 4.90 Å². The number of hydrogen-bond acceptors (Lipinski definition) is 1. The first-order valence-electron chi connectivity index (χ1n) is 5.20. The summed E-state index contributed by atoms with van der Waals surface area (Å²) in [4.78, 5) is 6.77. The number of benzene rings is 1. The van der Waals surface area contributed by atoms with Gasteiger partial charge in [0.15, 0.2) is 0 Å². The Morgan fingerprint density at radius 1 is 1.21 bits per heavy atom. The van der Waals surface area contributed by atoms with E-state index in [1.54, 1.807) is 0 Å². The topological polar surface area (TPSA) is 15.6 Å². The van der Waals surface area contributed by atoms with Gasteiger partial charge in [-0.15, -0.1) is 0 Å². The minimum Gasteiger partial charge on any atom is -0.363 e. The maximum atomic E-state index is 4.49. The Kier molecular flexibility index (Phi) is 2.82. The van der Waals surface area contributed by atoms with E-state index >= 15 is 0 Å². The van der Waals surface area contributed by atoms with Crippen molar-refractivity contribution in [1.82, 2.24) is 4.90 Å². The monoisotopic (exact) mass is 188 g/mol. The molecule has 2 nitrogen and oxygen atoms in total. The van der Waals surface area contributed by atoms with Gasteiger partial charge in [-0.1, -0.05) is 18.2 Å². The maximum absolute atomic E-state index is 4.49. The van der Waals surface area contributed by atoms with E-state index in [1.165, 1.54) is 18.4 Å². The van der Waals surface area contributed by atoms with Crippen LogP contribution >= 0.6 is 0 Å². The second-order valence-electron chi connectivity index (χ2n) is 3.77. The molecule has 0 spiro atoms. The quantitative estimate of drug-likeness (QED) is 0.514. The molecular formula is C12H16N2. The van der Waals surface area contributed by atoms with E-state index in [1.807, 2.05) is 18.5 Å². The minimum absolute atomic E-state index is 1.08. The molecule has 1 aromatic carbocycles. The smallest absolute Gasteiger partial charge is 0.0912 e. The normalized spacial score (nSPS) is 16.8. The Labute approximate surface area is 85.3 Å². The molecule has 0 unspecified atom stereocenters. The third-order valence-corrected chi connectivity index (χ3v) is 2.62. The molecule has 0 radical (unpaired) electrons. The van der Waals surface area contributed by atoms with Crippen LogP contribution in [-0.2, 0) is 0 Å². The number of aliphatic imine (C=N–C) groups is 1. The van der Waals surface area contributed by atoms with Gasteiger partial charge in [-0.05, 0) is 31.4 Å². The Morgan fingerprint density at radius 2 is 1.93 bits per heavy atom. The fourth-order valence-corrected chi connectivity index (χ4v) is 1.71. The lowest BCUT2D eigenvalue weighted by molar-refractivity contribution is 0.536. The van der Waals surface area contributed by atoms with Crippen molar-refractivity contribution in [2.45, 2.75) is 19.8 Å². The molecule has 0 atom stereocenters. The molecule has 74 valence electrons. The first kappa shape index (κ1) is 9.25. The summed E-state index contributed by atoms with van der Waals surface area (Å²) >= 11 is 0. The van der Waals surface area contributed by atoms with Crippen molar-refractivity contribution >= 4 is 12.0 Å². The number of rotatable bonds is 2. The number of likely N-dealkylation sites (tertiary alicyclic amines) is 1. The Bertz CT molecular complexity index is 325. The van der Waals surface area contributed by atoms with Crippen LogP contribution in [-0.4, -0.2) is 24.3 Å². The third-order valence-electron chi connectivity index (χ3n) is 2.62. The third kappa shape index (κ3) is 2.13. The van der Waals surface area contributed by atoms with Gasteiger partial charge in [0, 0.05) is 13.1 Å². The van der Waals surface area contributed by atoms with Crippen LogP contribution in [0.2, 0.25) is 0 Å². The van der Waals surface area contributed by atoms with Gasteiger partial charge in [-0.2, -0.15) is 0 Å². The highest BCUT2D eigenvalue weighted by atomic mass is 15.2. The zero-order valence-electron chi connectivity index (χ0n) is 8.61. The highest BCUT2D eigenvalue weighted by molar-refractivity contribution is 5.63. The zero-order chi connectivity index (χ0) is 9.80. The summed E-state index contributed by atoms with van der Waals surface area (Å²) in [5.41, 5.74) is 2.32. The van der Waals surface area contributed by atoms with Gasteiger partial charge in [0.05, 0.1) is 12.0 Å².